The van der Waals surface area contributed by atoms with Gasteiger partial charge in [0.2, 0.25) is 0 Å². The first kappa shape index (κ1) is 11.2. The molecule has 0 bridgehead atoms. The van der Waals surface area contributed by atoms with Crippen molar-refractivity contribution >= 4 is 5.69 Å². The summed E-state index contributed by atoms with van der Waals surface area (Å²) in [5, 5.41) is 18.4. The fourth-order valence-electron chi connectivity index (χ4n) is 1.38. The average Bonchev–Trinajstić information content (AvgIpc) is 2.02. The Bertz CT molecular complexity index is 285. The Morgan fingerprint density at radius 1 is 1.21 bits per heavy atom. The third-order valence-corrected chi connectivity index (χ3v) is 1.94. The van der Waals surface area contributed by atoms with Crippen molar-refractivity contribution in [3.8, 4) is 0 Å². The van der Waals surface area contributed by atoms with Crippen LogP contribution >= 0.6 is 0 Å². The lowest BCUT2D eigenvalue weighted by atomic mass is 9.88. The van der Waals surface area contributed by atoms with Gasteiger partial charge in [-0.25, -0.2) is 5.21 Å². The molecule has 1 aromatic rings. The van der Waals surface area contributed by atoms with Crippen LogP contribution in [0.4, 0.5) is 5.69 Å². The summed E-state index contributed by atoms with van der Waals surface area (Å²) in [6, 6.07) is 7.08. The molecule has 0 heterocycles. The molecule has 1 atom stereocenters. The second kappa shape index (κ2) is 4.09. The van der Waals surface area contributed by atoms with Crippen molar-refractivity contribution in [1.82, 2.24) is 0 Å². The Morgan fingerprint density at radius 2 is 1.71 bits per heavy atom. The third kappa shape index (κ3) is 3.46. The van der Waals surface area contributed by atoms with Crippen molar-refractivity contribution in [2.24, 2.45) is 5.41 Å². The summed E-state index contributed by atoms with van der Waals surface area (Å²) >= 11 is 0. The van der Waals surface area contributed by atoms with Crippen molar-refractivity contribution in [3.63, 3.8) is 0 Å². The van der Waals surface area contributed by atoms with Crippen molar-refractivity contribution in [3.05, 3.63) is 35.0 Å². The Labute approximate surface area is 84.5 Å². The van der Waals surface area contributed by atoms with Crippen molar-refractivity contribution < 1.29 is 10.4 Å². The summed E-state index contributed by atoms with van der Waals surface area (Å²) in [7, 11) is 0. The summed E-state index contributed by atoms with van der Waals surface area (Å²) in [6.45, 7) is 6.49. The molecule has 0 saturated heterocycles. The Hall–Kier alpha value is -0.900. The minimum absolute atomic E-state index is 0.241. The molecule has 0 radical (unpaired) electrons. The maximum Gasteiger partial charge on any atom is 0.163 e. The summed E-state index contributed by atoms with van der Waals surface area (Å²) in [6.07, 6.45) is 0.965. The van der Waals surface area contributed by atoms with Crippen LogP contribution in [-0.4, -0.2) is 5.21 Å². The van der Waals surface area contributed by atoms with E-state index in [2.05, 4.69) is 20.8 Å². The van der Waals surface area contributed by atoms with Crippen LogP contribution in [0.3, 0.4) is 0 Å². The summed E-state index contributed by atoms with van der Waals surface area (Å²) in [5.41, 5.74) is 1.77. The summed E-state index contributed by atoms with van der Waals surface area (Å²) in [4.78, 5) is 0. The standard InChI is InChI=1S/C11H17NO2/c1-11(2,3)8-9-4-6-10(7-5-9)12(13)14/h4-7,12-13H,8H2,1-3H3. The molecule has 3 heteroatoms. The molecular formula is C11H17NO2. The average molecular weight is 195 g/mol. The van der Waals surface area contributed by atoms with Crippen LogP contribution in [0.1, 0.15) is 26.3 Å². The van der Waals surface area contributed by atoms with Crippen LogP contribution in [0.5, 0.6) is 0 Å². The van der Waals surface area contributed by atoms with E-state index in [0.717, 1.165) is 6.42 Å². The van der Waals surface area contributed by atoms with Gasteiger partial charge in [0.25, 0.3) is 0 Å². The SMILES string of the molecule is CC(C)(C)Cc1ccc([NH+]([O-])O)cc1. The van der Waals surface area contributed by atoms with E-state index >= 15 is 0 Å². The lowest BCUT2D eigenvalue weighted by molar-refractivity contribution is -0.991. The minimum Gasteiger partial charge on any atom is -0.595 e. The second-order valence-electron chi connectivity index (χ2n) is 4.74. The zero-order chi connectivity index (χ0) is 10.8. The van der Waals surface area contributed by atoms with Gasteiger partial charge in [0.15, 0.2) is 5.69 Å². The van der Waals surface area contributed by atoms with Gasteiger partial charge in [0.1, 0.15) is 0 Å². The zero-order valence-corrected chi connectivity index (χ0v) is 8.87. The van der Waals surface area contributed by atoms with Crippen LogP contribution in [-0.2, 0) is 6.42 Å². The van der Waals surface area contributed by atoms with Gasteiger partial charge in [-0.3, -0.25) is 0 Å². The Morgan fingerprint density at radius 3 is 2.07 bits per heavy atom. The number of nitrogens with one attached hydrogen (secondary N) is 1. The molecule has 14 heavy (non-hydrogen) atoms. The third-order valence-electron chi connectivity index (χ3n) is 1.94. The molecule has 1 aromatic carbocycles. The molecule has 78 valence electrons. The molecule has 0 aliphatic rings. The number of benzene rings is 1. The van der Waals surface area contributed by atoms with E-state index in [1.807, 2.05) is 12.1 Å². The van der Waals surface area contributed by atoms with Gasteiger partial charge in [-0.05, 0) is 17.4 Å². The molecular weight excluding hydrogens is 178 g/mol. The number of quaternary nitrogens is 1. The monoisotopic (exact) mass is 195 g/mol. The topological polar surface area (TPSA) is 47.7 Å². The number of hydrogen-bond donors (Lipinski definition) is 2. The molecule has 1 unspecified atom stereocenters. The minimum atomic E-state index is -0.868. The molecule has 0 saturated carbocycles. The van der Waals surface area contributed by atoms with Crippen LogP contribution in [0.15, 0.2) is 24.3 Å². The van der Waals surface area contributed by atoms with Gasteiger partial charge in [-0.1, -0.05) is 32.9 Å². The highest BCUT2D eigenvalue weighted by molar-refractivity contribution is 5.32. The Kier molecular flexibility index (Phi) is 3.26. The zero-order valence-electron chi connectivity index (χ0n) is 8.87. The van der Waals surface area contributed by atoms with Crippen LogP contribution in [0.25, 0.3) is 0 Å². The molecule has 0 aliphatic carbocycles. The summed E-state index contributed by atoms with van der Waals surface area (Å²) in [5.74, 6) is 0. The van der Waals surface area contributed by atoms with Crippen LogP contribution < -0.4 is 5.23 Å². The maximum absolute atomic E-state index is 10.6. The Balaban J connectivity index is 2.74. The summed E-state index contributed by atoms with van der Waals surface area (Å²) < 4.78 is 0. The first-order valence-electron chi connectivity index (χ1n) is 4.71. The van der Waals surface area contributed by atoms with E-state index in [1.165, 1.54) is 5.56 Å². The first-order chi connectivity index (χ1) is 6.38. The molecule has 0 spiro atoms. The second-order valence-corrected chi connectivity index (χ2v) is 4.74. The fourth-order valence-corrected chi connectivity index (χ4v) is 1.38. The van der Waals surface area contributed by atoms with Gasteiger partial charge < -0.3 is 5.21 Å². The smallest absolute Gasteiger partial charge is 0.163 e. The molecule has 3 nitrogen and oxygen atoms in total. The maximum atomic E-state index is 10.6. The lowest BCUT2D eigenvalue weighted by Crippen LogP contribution is -2.99. The number of hydrogen-bond acceptors (Lipinski definition) is 2. The predicted octanol–water partition coefficient (Wildman–Crippen LogP) is 1.68. The molecule has 0 amide bonds. The van der Waals surface area contributed by atoms with E-state index in [4.69, 9.17) is 5.21 Å². The number of rotatable bonds is 2. The quantitative estimate of drug-likeness (QED) is 0.705. The van der Waals surface area contributed by atoms with Gasteiger partial charge in [-0.2, -0.15) is 5.23 Å². The van der Waals surface area contributed by atoms with Gasteiger partial charge in [0, 0.05) is 12.1 Å². The van der Waals surface area contributed by atoms with Gasteiger partial charge >= 0.3 is 0 Å². The van der Waals surface area contributed by atoms with E-state index in [9.17, 15) is 5.21 Å². The van der Waals surface area contributed by atoms with E-state index < -0.39 is 5.23 Å². The van der Waals surface area contributed by atoms with Crippen molar-refractivity contribution in [1.29, 1.82) is 0 Å². The highest BCUT2D eigenvalue weighted by Gasteiger charge is 2.11. The fraction of sp³-hybridized carbons (Fsp3) is 0.455. The van der Waals surface area contributed by atoms with Gasteiger partial charge in [0.05, 0.1) is 0 Å². The van der Waals surface area contributed by atoms with Crippen molar-refractivity contribution in [2.75, 3.05) is 0 Å². The van der Waals surface area contributed by atoms with E-state index in [-0.39, 0.29) is 5.41 Å². The van der Waals surface area contributed by atoms with Crippen LogP contribution in [0.2, 0.25) is 0 Å². The largest absolute Gasteiger partial charge is 0.595 e. The lowest BCUT2D eigenvalue weighted by Gasteiger charge is -2.18. The normalized spacial score (nSPS) is 14.1. The molecule has 0 aromatic heterocycles. The highest BCUT2D eigenvalue weighted by atomic mass is 16.8. The van der Waals surface area contributed by atoms with Crippen LogP contribution in [0, 0.1) is 10.6 Å². The predicted molar refractivity (Wildman–Crippen MR) is 55.4 cm³/mol. The highest BCUT2D eigenvalue weighted by Crippen LogP contribution is 2.20. The van der Waals surface area contributed by atoms with Gasteiger partial charge in [-0.15, -0.1) is 0 Å². The molecule has 0 aliphatic heterocycles. The molecule has 1 rings (SSSR count). The first-order valence-corrected chi connectivity index (χ1v) is 4.71. The molecule has 2 N–H and O–H groups in total. The van der Waals surface area contributed by atoms with E-state index in [1.54, 1.807) is 12.1 Å². The molecule has 0 fully saturated rings. The van der Waals surface area contributed by atoms with E-state index in [0.29, 0.717) is 5.69 Å². The van der Waals surface area contributed by atoms with Crippen molar-refractivity contribution in [2.45, 2.75) is 27.2 Å².